The lowest BCUT2D eigenvalue weighted by Crippen LogP contribution is -2.23. The number of nitrogens with one attached hydrogen (secondary N) is 1. The molecule has 3 N–H and O–H groups in total. The van der Waals surface area contributed by atoms with Gasteiger partial charge in [-0.25, -0.2) is 4.98 Å². The lowest BCUT2D eigenvalue weighted by atomic mass is 10.2. The highest BCUT2D eigenvalue weighted by Gasteiger charge is 2.09. The maximum atomic E-state index is 12.0. The molecule has 0 radical (unpaired) electrons. The Kier molecular flexibility index (Phi) is 3.85. The van der Waals surface area contributed by atoms with Gasteiger partial charge in [0.15, 0.2) is 0 Å². The lowest BCUT2D eigenvalue weighted by molar-refractivity contribution is 0.0947. The molecule has 0 saturated heterocycles. The minimum Gasteiger partial charge on any atom is -0.465 e. The smallest absolute Gasteiger partial charge is 0.251 e. The van der Waals surface area contributed by atoms with E-state index < -0.39 is 0 Å². The molecule has 5 heteroatoms. The number of hydrogen-bond donors (Lipinski definition) is 2. The summed E-state index contributed by atoms with van der Waals surface area (Å²) in [7, 11) is 0. The van der Waals surface area contributed by atoms with Crippen molar-refractivity contribution in [3.05, 3.63) is 47.0 Å². The fourth-order valence-corrected chi connectivity index (χ4v) is 1.77. The number of carbonyl (C=O) groups excluding carboxylic acids is 1. The Morgan fingerprint density at radius 3 is 2.84 bits per heavy atom. The van der Waals surface area contributed by atoms with Gasteiger partial charge in [-0.05, 0) is 37.6 Å². The van der Waals surface area contributed by atoms with Crippen LogP contribution in [0.2, 0.25) is 0 Å². The van der Waals surface area contributed by atoms with Crippen LogP contribution in [0.25, 0.3) is 0 Å². The predicted molar refractivity (Wildman–Crippen MR) is 72.6 cm³/mol. The maximum absolute atomic E-state index is 12.0. The number of anilines is 1. The highest BCUT2D eigenvalue weighted by Crippen LogP contribution is 2.10. The average Bonchev–Trinajstić information content (AvgIpc) is 2.81. The van der Waals surface area contributed by atoms with E-state index in [1.54, 1.807) is 12.1 Å². The Balaban J connectivity index is 2.05. The molecule has 1 amide bonds. The monoisotopic (exact) mass is 259 g/mol. The summed E-state index contributed by atoms with van der Waals surface area (Å²) in [5.41, 5.74) is 7.00. The van der Waals surface area contributed by atoms with Gasteiger partial charge in [0.05, 0.1) is 6.54 Å². The van der Waals surface area contributed by atoms with Crippen LogP contribution in [0.3, 0.4) is 0 Å². The van der Waals surface area contributed by atoms with Gasteiger partial charge in [0.1, 0.15) is 17.3 Å². The number of nitrogens with zero attached hydrogens (tertiary/aromatic N) is 1. The van der Waals surface area contributed by atoms with Gasteiger partial charge in [-0.15, -0.1) is 0 Å². The molecule has 0 saturated carbocycles. The first-order chi connectivity index (χ1) is 9.08. The van der Waals surface area contributed by atoms with E-state index in [-0.39, 0.29) is 5.91 Å². The summed E-state index contributed by atoms with van der Waals surface area (Å²) in [6.45, 7) is 4.19. The zero-order chi connectivity index (χ0) is 13.8. The average molecular weight is 259 g/mol. The van der Waals surface area contributed by atoms with Crippen LogP contribution in [0.5, 0.6) is 0 Å². The number of nitrogen functional groups attached to an aromatic ring is 1. The van der Waals surface area contributed by atoms with Crippen molar-refractivity contribution >= 4 is 11.7 Å². The van der Waals surface area contributed by atoms with Crippen molar-refractivity contribution in [2.75, 3.05) is 5.73 Å². The highest BCUT2D eigenvalue weighted by molar-refractivity contribution is 5.94. The van der Waals surface area contributed by atoms with Crippen LogP contribution in [0.1, 0.15) is 34.5 Å². The molecule has 2 heterocycles. The second-order valence-electron chi connectivity index (χ2n) is 4.32. The SMILES string of the molecule is CCc1cc(C(=O)NCc2ccc(C)o2)cc(N)n1. The molecule has 2 rings (SSSR count). The van der Waals surface area contributed by atoms with Crippen LogP contribution in [-0.2, 0) is 13.0 Å². The quantitative estimate of drug-likeness (QED) is 0.880. The van der Waals surface area contributed by atoms with Gasteiger partial charge in [0, 0.05) is 11.3 Å². The molecule has 2 aromatic heterocycles. The molecule has 0 aliphatic rings. The second kappa shape index (κ2) is 5.56. The number of pyridine rings is 1. The lowest BCUT2D eigenvalue weighted by Gasteiger charge is -2.06. The summed E-state index contributed by atoms with van der Waals surface area (Å²) in [5.74, 6) is 1.73. The molecule has 100 valence electrons. The predicted octanol–water partition coefficient (Wildman–Crippen LogP) is 2.06. The molecule has 0 fully saturated rings. The van der Waals surface area contributed by atoms with Gasteiger partial charge in [0.2, 0.25) is 0 Å². The van der Waals surface area contributed by atoms with Crippen molar-refractivity contribution in [2.45, 2.75) is 26.8 Å². The minimum absolute atomic E-state index is 0.183. The van der Waals surface area contributed by atoms with Crippen LogP contribution >= 0.6 is 0 Å². The minimum atomic E-state index is -0.183. The zero-order valence-electron chi connectivity index (χ0n) is 11.1. The van der Waals surface area contributed by atoms with Crippen LogP contribution in [-0.4, -0.2) is 10.9 Å². The third-order valence-corrected chi connectivity index (χ3v) is 2.74. The third-order valence-electron chi connectivity index (χ3n) is 2.74. The Morgan fingerprint density at radius 2 is 2.21 bits per heavy atom. The molecule has 0 aromatic carbocycles. The number of rotatable bonds is 4. The van der Waals surface area contributed by atoms with Crippen molar-refractivity contribution in [1.29, 1.82) is 0 Å². The summed E-state index contributed by atoms with van der Waals surface area (Å²) >= 11 is 0. The topological polar surface area (TPSA) is 81.2 Å². The van der Waals surface area contributed by atoms with E-state index in [2.05, 4.69) is 10.3 Å². The van der Waals surface area contributed by atoms with Crippen LogP contribution in [0, 0.1) is 6.92 Å². The summed E-state index contributed by atoms with van der Waals surface area (Å²) in [4.78, 5) is 16.1. The Labute approximate surface area is 111 Å². The number of aryl methyl sites for hydroxylation is 2. The first-order valence-electron chi connectivity index (χ1n) is 6.18. The Morgan fingerprint density at radius 1 is 1.42 bits per heavy atom. The summed E-state index contributed by atoms with van der Waals surface area (Å²) in [6.07, 6.45) is 0.739. The Bertz CT molecular complexity index is 590. The molecule has 0 aliphatic carbocycles. The third kappa shape index (κ3) is 3.34. The second-order valence-corrected chi connectivity index (χ2v) is 4.32. The molecule has 2 aromatic rings. The molecular weight excluding hydrogens is 242 g/mol. The first-order valence-corrected chi connectivity index (χ1v) is 6.18. The summed E-state index contributed by atoms with van der Waals surface area (Å²) in [6, 6.07) is 7.02. The van der Waals surface area contributed by atoms with Gasteiger partial charge in [-0.2, -0.15) is 0 Å². The van der Waals surface area contributed by atoms with E-state index in [9.17, 15) is 4.79 Å². The van der Waals surface area contributed by atoms with Gasteiger partial charge in [0.25, 0.3) is 5.91 Å². The molecule has 0 unspecified atom stereocenters. The fourth-order valence-electron chi connectivity index (χ4n) is 1.77. The van der Waals surface area contributed by atoms with E-state index in [4.69, 9.17) is 10.2 Å². The zero-order valence-corrected chi connectivity index (χ0v) is 11.1. The molecule has 0 aliphatic heterocycles. The number of furan rings is 1. The standard InChI is InChI=1S/C14H17N3O2/c1-3-11-6-10(7-13(15)17-11)14(18)16-8-12-5-4-9(2)19-12/h4-7H,3,8H2,1-2H3,(H2,15,17)(H,16,18). The van der Waals surface area contributed by atoms with E-state index in [1.165, 1.54) is 0 Å². The number of aromatic nitrogens is 1. The number of nitrogens with two attached hydrogens (primary N) is 1. The van der Waals surface area contributed by atoms with Gasteiger partial charge < -0.3 is 15.5 Å². The van der Waals surface area contributed by atoms with Crippen molar-refractivity contribution in [3.63, 3.8) is 0 Å². The van der Waals surface area contributed by atoms with Crippen LogP contribution < -0.4 is 11.1 Å². The molecule has 19 heavy (non-hydrogen) atoms. The normalized spacial score (nSPS) is 10.4. The van der Waals surface area contributed by atoms with Crippen LogP contribution in [0.15, 0.2) is 28.7 Å². The first kappa shape index (κ1) is 13.1. The van der Waals surface area contributed by atoms with E-state index in [0.29, 0.717) is 17.9 Å². The van der Waals surface area contributed by atoms with Crippen molar-refractivity contribution in [1.82, 2.24) is 10.3 Å². The highest BCUT2D eigenvalue weighted by atomic mass is 16.3. The molecule has 0 bridgehead atoms. The van der Waals surface area contributed by atoms with Crippen molar-refractivity contribution in [3.8, 4) is 0 Å². The maximum Gasteiger partial charge on any atom is 0.251 e. The van der Waals surface area contributed by atoms with Crippen molar-refractivity contribution in [2.24, 2.45) is 0 Å². The van der Waals surface area contributed by atoms with Gasteiger partial charge >= 0.3 is 0 Å². The molecular formula is C14H17N3O2. The van der Waals surface area contributed by atoms with Gasteiger partial charge in [-0.3, -0.25) is 4.79 Å². The number of amides is 1. The molecule has 5 nitrogen and oxygen atoms in total. The number of hydrogen-bond acceptors (Lipinski definition) is 4. The largest absolute Gasteiger partial charge is 0.465 e. The van der Waals surface area contributed by atoms with E-state index in [1.807, 2.05) is 26.0 Å². The summed E-state index contributed by atoms with van der Waals surface area (Å²) < 4.78 is 5.39. The summed E-state index contributed by atoms with van der Waals surface area (Å²) in [5, 5.41) is 2.79. The molecule has 0 atom stereocenters. The van der Waals surface area contributed by atoms with E-state index >= 15 is 0 Å². The van der Waals surface area contributed by atoms with Crippen LogP contribution in [0.4, 0.5) is 5.82 Å². The van der Waals surface area contributed by atoms with Gasteiger partial charge in [-0.1, -0.05) is 6.92 Å². The van der Waals surface area contributed by atoms with E-state index in [0.717, 1.165) is 23.6 Å². The van der Waals surface area contributed by atoms with Crippen molar-refractivity contribution < 1.29 is 9.21 Å². The fraction of sp³-hybridized carbons (Fsp3) is 0.286. The number of carbonyl (C=O) groups is 1. The molecule has 0 spiro atoms. The Hall–Kier alpha value is -2.30.